The molecule has 0 aliphatic rings. The third-order valence-corrected chi connectivity index (χ3v) is 2.97. The molecule has 84 valence electrons. The highest BCUT2D eigenvalue weighted by Crippen LogP contribution is 2.16. The molecule has 0 unspecified atom stereocenters. The maximum Gasteiger partial charge on any atom is 0.179 e. The molecule has 1 rings (SSSR count). The smallest absolute Gasteiger partial charge is 0.179 e. The maximum atomic E-state index is 11.4. The van der Waals surface area contributed by atoms with Gasteiger partial charge < -0.3 is 10.6 Å². The molecule has 5 nitrogen and oxygen atoms in total. The number of aromatic nitrogens is 1. The molecule has 0 saturated heterocycles. The lowest BCUT2D eigenvalue weighted by Gasteiger charge is -2.08. The largest absolute Gasteiger partial charge is 0.368 e. The summed E-state index contributed by atoms with van der Waals surface area (Å²) >= 11 is 0. The highest BCUT2D eigenvalue weighted by Gasteiger charge is 2.12. The van der Waals surface area contributed by atoms with Crippen LogP contribution in [0.25, 0.3) is 0 Å². The average molecular weight is 229 g/mol. The summed E-state index contributed by atoms with van der Waals surface area (Å²) in [4.78, 5) is 4.24. The number of hydrogen-bond donors (Lipinski definition) is 2. The lowest BCUT2D eigenvalue weighted by Crippen LogP contribution is -2.19. The Morgan fingerprint density at radius 1 is 1.40 bits per heavy atom. The molecule has 0 bridgehead atoms. The topological polar surface area (TPSA) is 71.1 Å². The number of nitrogens with one attached hydrogen (secondary N) is 2. The van der Waals surface area contributed by atoms with Crippen LogP contribution in [0.2, 0.25) is 0 Å². The van der Waals surface area contributed by atoms with E-state index in [0.29, 0.717) is 12.4 Å². The van der Waals surface area contributed by atoms with E-state index >= 15 is 0 Å². The first-order valence-electron chi connectivity index (χ1n) is 4.59. The van der Waals surface area contributed by atoms with Crippen LogP contribution in [0.1, 0.15) is 0 Å². The second kappa shape index (κ2) is 5.09. The number of nitrogens with zero attached hydrogens (tertiary/aromatic N) is 1. The first kappa shape index (κ1) is 11.9. The van der Waals surface area contributed by atoms with Crippen LogP contribution < -0.4 is 10.6 Å². The molecule has 0 radical (unpaired) electrons. The standard InChI is InChI=1S/C9H15N3O2S/c1-10-6-7-12-9-8(15(2,13)14)4-3-5-11-9/h3-5,10H,6-7H2,1-2H3,(H,11,12). The Morgan fingerprint density at radius 3 is 2.73 bits per heavy atom. The minimum Gasteiger partial charge on any atom is -0.368 e. The normalized spacial score (nSPS) is 11.3. The molecule has 0 amide bonds. The van der Waals surface area contributed by atoms with Gasteiger partial charge in [-0.25, -0.2) is 13.4 Å². The van der Waals surface area contributed by atoms with Gasteiger partial charge in [0.15, 0.2) is 9.84 Å². The van der Waals surface area contributed by atoms with E-state index < -0.39 is 9.84 Å². The van der Waals surface area contributed by atoms with Crippen molar-refractivity contribution in [1.29, 1.82) is 0 Å². The molecular weight excluding hydrogens is 214 g/mol. The molecule has 0 aromatic carbocycles. The van der Waals surface area contributed by atoms with Gasteiger partial charge in [-0.05, 0) is 19.2 Å². The van der Waals surface area contributed by atoms with Crippen molar-refractivity contribution in [1.82, 2.24) is 10.3 Å². The molecule has 1 aromatic heterocycles. The summed E-state index contributed by atoms with van der Waals surface area (Å²) in [6.07, 6.45) is 2.74. The summed E-state index contributed by atoms with van der Waals surface area (Å²) in [7, 11) is -1.39. The van der Waals surface area contributed by atoms with Gasteiger partial charge in [0.2, 0.25) is 0 Å². The average Bonchev–Trinajstić information content (AvgIpc) is 2.17. The summed E-state index contributed by atoms with van der Waals surface area (Å²) in [5.74, 6) is 0.412. The zero-order valence-corrected chi connectivity index (χ0v) is 9.63. The Labute approximate surface area is 89.8 Å². The van der Waals surface area contributed by atoms with Crippen molar-refractivity contribution < 1.29 is 8.42 Å². The molecule has 0 aliphatic heterocycles. The molecule has 0 atom stereocenters. The van der Waals surface area contributed by atoms with Crippen molar-refractivity contribution >= 4 is 15.7 Å². The fourth-order valence-corrected chi connectivity index (χ4v) is 1.93. The van der Waals surface area contributed by atoms with Gasteiger partial charge in [-0.2, -0.15) is 0 Å². The van der Waals surface area contributed by atoms with E-state index in [0.717, 1.165) is 6.54 Å². The fraction of sp³-hybridized carbons (Fsp3) is 0.444. The summed E-state index contributed by atoms with van der Waals surface area (Å²) < 4.78 is 22.8. The SMILES string of the molecule is CNCCNc1ncccc1S(C)(=O)=O. The number of pyridine rings is 1. The van der Waals surface area contributed by atoms with Gasteiger partial charge in [-0.15, -0.1) is 0 Å². The first-order chi connectivity index (χ1) is 7.05. The van der Waals surface area contributed by atoms with E-state index in [4.69, 9.17) is 0 Å². The summed E-state index contributed by atoms with van der Waals surface area (Å²) in [6.45, 7) is 1.38. The Hall–Kier alpha value is -1.14. The zero-order chi connectivity index (χ0) is 11.3. The highest BCUT2D eigenvalue weighted by atomic mass is 32.2. The molecule has 0 saturated carbocycles. The monoisotopic (exact) mass is 229 g/mol. The Balaban J connectivity index is 2.88. The van der Waals surface area contributed by atoms with Gasteiger partial charge in [0, 0.05) is 25.5 Å². The number of rotatable bonds is 5. The molecule has 2 N–H and O–H groups in total. The van der Waals surface area contributed by atoms with E-state index in [1.54, 1.807) is 18.3 Å². The van der Waals surface area contributed by atoms with Crippen LogP contribution >= 0.6 is 0 Å². The van der Waals surface area contributed by atoms with Gasteiger partial charge >= 0.3 is 0 Å². The van der Waals surface area contributed by atoms with Crippen LogP contribution in [-0.4, -0.2) is 39.8 Å². The fourth-order valence-electron chi connectivity index (χ4n) is 1.13. The lowest BCUT2D eigenvalue weighted by atomic mass is 10.4. The number of sulfone groups is 1. The number of likely N-dealkylation sites (N-methyl/N-ethyl adjacent to an activating group) is 1. The quantitative estimate of drug-likeness (QED) is 0.702. The van der Waals surface area contributed by atoms with Crippen LogP contribution in [0, 0.1) is 0 Å². The third kappa shape index (κ3) is 3.49. The molecule has 0 spiro atoms. The summed E-state index contributed by atoms with van der Waals surface area (Å²) in [5, 5.41) is 5.92. The predicted molar refractivity (Wildman–Crippen MR) is 59.8 cm³/mol. The second-order valence-electron chi connectivity index (χ2n) is 3.15. The molecule has 6 heteroatoms. The van der Waals surface area contributed by atoms with Crippen molar-refractivity contribution in [2.45, 2.75) is 4.90 Å². The van der Waals surface area contributed by atoms with Crippen molar-refractivity contribution in [2.75, 3.05) is 31.7 Å². The molecule has 0 fully saturated rings. The van der Waals surface area contributed by atoms with Gasteiger partial charge in [0.05, 0.1) is 0 Å². The van der Waals surface area contributed by atoms with Gasteiger partial charge in [-0.3, -0.25) is 0 Å². The van der Waals surface area contributed by atoms with Gasteiger partial charge in [-0.1, -0.05) is 0 Å². The minimum atomic E-state index is -3.22. The van der Waals surface area contributed by atoms with Crippen LogP contribution in [0.3, 0.4) is 0 Å². The van der Waals surface area contributed by atoms with Gasteiger partial charge in [0.1, 0.15) is 10.7 Å². The van der Waals surface area contributed by atoms with E-state index in [1.165, 1.54) is 6.26 Å². The third-order valence-electron chi connectivity index (χ3n) is 1.84. The van der Waals surface area contributed by atoms with E-state index in [1.807, 2.05) is 7.05 Å². The van der Waals surface area contributed by atoms with Crippen molar-refractivity contribution in [3.05, 3.63) is 18.3 Å². The van der Waals surface area contributed by atoms with E-state index in [9.17, 15) is 8.42 Å². The van der Waals surface area contributed by atoms with Crippen molar-refractivity contribution in [3.8, 4) is 0 Å². The molecule has 1 heterocycles. The minimum absolute atomic E-state index is 0.237. The number of anilines is 1. The summed E-state index contributed by atoms with van der Waals surface area (Å²) in [5.41, 5.74) is 0. The van der Waals surface area contributed by atoms with Crippen LogP contribution in [0.15, 0.2) is 23.2 Å². The molecule has 0 aliphatic carbocycles. The van der Waals surface area contributed by atoms with E-state index in [-0.39, 0.29) is 4.90 Å². The summed E-state index contributed by atoms with van der Waals surface area (Å²) in [6, 6.07) is 3.16. The molecular formula is C9H15N3O2S. The molecule has 1 aromatic rings. The number of hydrogen-bond acceptors (Lipinski definition) is 5. The Morgan fingerprint density at radius 2 is 2.13 bits per heavy atom. The lowest BCUT2D eigenvalue weighted by molar-refractivity contribution is 0.601. The predicted octanol–water partition coefficient (Wildman–Crippen LogP) is 0.116. The van der Waals surface area contributed by atoms with Crippen LogP contribution in [-0.2, 0) is 9.84 Å². The van der Waals surface area contributed by atoms with Crippen LogP contribution in [0.4, 0.5) is 5.82 Å². The van der Waals surface area contributed by atoms with E-state index in [2.05, 4.69) is 15.6 Å². The Bertz CT molecular complexity index is 417. The van der Waals surface area contributed by atoms with Gasteiger partial charge in [0.25, 0.3) is 0 Å². The van der Waals surface area contributed by atoms with Crippen LogP contribution in [0.5, 0.6) is 0 Å². The first-order valence-corrected chi connectivity index (χ1v) is 6.48. The highest BCUT2D eigenvalue weighted by molar-refractivity contribution is 7.90. The van der Waals surface area contributed by atoms with Crippen molar-refractivity contribution in [3.63, 3.8) is 0 Å². The zero-order valence-electron chi connectivity index (χ0n) is 8.82. The van der Waals surface area contributed by atoms with Crippen molar-refractivity contribution in [2.24, 2.45) is 0 Å². The Kier molecular flexibility index (Phi) is 4.05. The second-order valence-corrected chi connectivity index (χ2v) is 5.14. The molecule has 15 heavy (non-hydrogen) atoms. The maximum absolute atomic E-state index is 11.4.